The van der Waals surface area contributed by atoms with Gasteiger partial charge in [-0.1, -0.05) is 48.9 Å². The van der Waals surface area contributed by atoms with Gasteiger partial charge in [-0.3, -0.25) is 0 Å². The highest BCUT2D eigenvalue weighted by molar-refractivity contribution is 5.34. The average Bonchev–Trinajstić information content (AvgIpc) is 2.66. The molecule has 1 saturated carbocycles. The number of aromatic hydroxyl groups is 1. The number of hydrogen-bond acceptors (Lipinski definition) is 3. The van der Waals surface area contributed by atoms with Crippen molar-refractivity contribution in [3.63, 3.8) is 0 Å². The average molecular weight is 351 g/mol. The monoisotopic (exact) mass is 351 g/mol. The van der Waals surface area contributed by atoms with Gasteiger partial charge in [0.05, 0.1) is 0 Å². The van der Waals surface area contributed by atoms with Crippen LogP contribution in [0.25, 0.3) is 0 Å². The molecule has 3 nitrogen and oxygen atoms in total. The Hall–Kier alpha value is -1.84. The second kappa shape index (κ2) is 7.42. The molecule has 0 spiro atoms. The van der Waals surface area contributed by atoms with Gasteiger partial charge in [-0.15, -0.1) is 0 Å². The number of piperidine rings is 1. The maximum absolute atomic E-state index is 10.0. The summed E-state index contributed by atoms with van der Waals surface area (Å²) in [7, 11) is 1.86. The molecule has 2 aromatic carbocycles. The van der Waals surface area contributed by atoms with Crippen LogP contribution in [0.5, 0.6) is 5.75 Å². The van der Waals surface area contributed by atoms with E-state index < -0.39 is 0 Å². The summed E-state index contributed by atoms with van der Waals surface area (Å²) in [5, 5.41) is 10.0. The lowest BCUT2D eigenvalue weighted by Gasteiger charge is -2.55. The largest absolute Gasteiger partial charge is 0.508 e. The summed E-state index contributed by atoms with van der Waals surface area (Å²) in [6.07, 6.45) is 4.78. The van der Waals surface area contributed by atoms with Gasteiger partial charge in [0.25, 0.3) is 0 Å². The van der Waals surface area contributed by atoms with E-state index in [4.69, 9.17) is 4.74 Å². The van der Waals surface area contributed by atoms with Gasteiger partial charge >= 0.3 is 0 Å². The van der Waals surface area contributed by atoms with E-state index >= 15 is 0 Å². The third-order valence-electron chi connectivity index (χ3n) is 6.47. The van der Waals surface area contributed by atoms with Crippen molar-refractivity contribution in [2.45, 2.75) is 31.3 Å². The number of likely N-dealkylation sites (tertiary alicyclic amines) is 1. The van der Waals surface area contributed by atoms with Gasteiger partial charge < -0.3 is 14.7 Å². The van der Waals surface area contributed by atoms with Crippen molar-refractivity contribution >= 4 is 0 Å². The second-order valence-electron chi connectivity index (χ2n) is 7.87. The molecule has 138 valence electrons. The van der Waals surface area contributed by atoms with Crippen molar-refractivity contribution in [3.05, 3.63) is 65.7 Å². The van der Waals surface area contributed by atoms with Crippen LogP contribution in [0.2, 0.25) is 0 Å². The number of benzene rings is 2. The highest BCUT2D eigenvalue weighted by Gasteiger charge is 2.53. The van der Waals surface area contributed by atoms with Gasteiger partial charge in [0.1, 0.15) is 11.4 Å². The molecule has 26 heavy (non-hydrogen) atoms. The molecular formula is C23H29NO2. The molecule has 1 saturated heterocycles. The molecule has 2 fully saturated rings. The van der Waals surface area contributed by atoms with Crippen molar-refractivity contribution in [3.8, 4) is 5.75 Å². The van der Waals surface area contributed by atoms with Crippen LogP contribution in [0.4, 0.5) is 0 Å². The van der Waals surface area contributed by atoms with Crippen LogP contribution >= 0.6 is 0 Å². The number of nitrogens with zero attached hydrogens (tertiary/aromatic N) is 1. The second-order valence-corrected chi connectivity index (χ2v) is 7.87. The van der Waals surface area contributed by atoms with Crippen molar-refractivity contribution in [1.29, 1.82) is 0 Å². The minimum atomic E-state index is -0.250. The SMILES string of the molecule is COC1(c2cccc(O)c2)[C@@H]2CCC[C@@H]1CN(CCc1ccccc1)C2. The standard InChI is InChI=1S/C23H29NO2/c1-26-23(19-9-6-12-22(25)15-19)20-10-5-11-21(23)17-24(16-20)14-13-18-7-3-2-4-8-18/h2-4,6-9,12,15,20-21,25H,5,10-11,13-14,16-17H2,1H3/t20-,21-/m1/s1. The van der Waals surface area contributed by atoms with E-state index in [9.17, 15) is 5.11 Å². The summed E-state index contributed by atoms with van der Waals surface area (Å²) in [4.78, 5) is 2.63. The fourth-order valence-electron chi connectivity index (χ4n) is 5.31. The summed E-state index contributed by atoms with van der Waals surface area (Å²) in [5.41, 5.74) is 2.31. The van der Waals surface area contributed by atoms with Crippen LogP contribution in [0.15, 0.2) is 54.6 Å². The molecule has 1 aliphatic heterocycles. The molecule has 3 heteroatoms. The number of methoxy groups -OCH3 is 1. The number of phenolic OH excluding ortho intramolecular Hbond substituents is 1. The first-order valence-corrected chi connectivity index (χ1v) is 9.83. The van der Waals surface area contributed by atoms with Crippen molar-refractivity contribution in [2.75, 3.05) is 26.7 Å². The first kappa shape index (κ1) is 17.6. The third kappa shape index (κ3) is 3.15. The van der Waals surface area contributed by atoms with Crippen LogP contribution in [-0.4, -0.2) is 36.8 Å². The van der Waals surface area contributed by atoms with E-state index in [2.05, 4.69) is 41.3 Å². The van der Waals surface area contributed by atoms with Crippen LogP contribution in [0.1, 0.15) is 30.4 Å². The summed E-state index contributed by atoms with van der Waals surface area (Å²) in [6, 6.07) is 18.5. The van der Waals surface area contributed by atoms with E-state index in [-0.39, 0.29) is 5.60 Å². The topological polar surface area (TPSA) is 32.7 Å². The van der Waals surface area contributed by atoms with Gasteiger partial charge in [-0.2, -0.15) is 0 Å². The third-order valence-corrected chi connectivity index (χ3v) is 6.47. The Morgan fingerprint density at radius 2 is 1.77 bits per heavy atom. The molecule has 0 amide bonds. The Bertz CT molecular complexity index is 716. The lowest BCUT2D eigenvalue weighted by atomic mass is 9.62. The Kier molecular flexibility index (Phi) is 5.01. The molecular weight excluding hydrogens is 322 g/mol. The van der Waals surface area contributed by atoms with Gasteiger partial charge in [-0.05, 0) is 42.5 Å². The van der Waals surface area contributed by atoms with Gasteiger partial charge in [0.2, 0.25) is 0 Å². The minimum Gasteiger partial charge on any atom is -0.508 e. The van der Waals surface area contributed by atoms with E-state index in [0.29, 0.717) is 17.6 Å². The van der Waals surface area contributed by atoms with Crippen LogP contribution in [0.3, 0.4) is 0 Å². The van der Waals surface area contributed by atoms with Crippen LogP contribution in [-0.2, 0) is 16.8 Å². The predicted octanol–water partition coefficient (Wildman–Crippen LogP) is 4.21. The highest BCUT2D eigenvalue weighted by Crippen LogP contribution is 2.51. The molecule has 1 heterocycles. The number of rotatable bonds is 5. The minimum absolute atomic E-state index is 0.250. The Balaban J connectivity index is 1.54. The predicted molar refractivity (Wildman–Crippen MR) is 104 cm³/mol. The molecule has 0 unspecified atom stereocenters. The maximum atomic E-state index is 10.0. The van der Waals surface area contributed by atoms with Gasteiger partial charge in [-0.25, -0.2) is 0 Å². The van der Waals surface area contributed by atoms with Crippen LogP contribution < -0.4 is 0 Å². The van der Waals surface area contributed by atoms with Gasteiger partial charge in [0, 0.05) is 38.6 Å². The molecule has 1 N–H and O–H groups in total. The highest BCUT2D eigenvalue weighted by atomic mass is 16.5. The zero-order valence-electron chi connectivity index (χ0n) is 15.6. The summed E-state index contributed by atoms with van der Waals surface area (Å²) < 4.78 is 6.26. The Labute approximate surface area is 156 Å². The molecule has 2 bridgehead atoms. The normalized spacial score (nSPS) is 28.8. The fourth-order valence-corrected chi connectivity index (χ4v) is 5.31. The lowest BCUT2D eigenvalue weighted by Crippen LogP contribution is -2.59. The van der Waals surface area contributed by atoms with E-state index in [1.165, 1.54) is 24.8 Å². The fraction of sp³-hybridized carbons (Fsp3) is 0.478. The van der Waals surface area contributed by atoms with E-state index in [0.717, 1.165) is 31.6 Å². The summed E-state index contributed by atoms with van der Waals surface area (Å²) >= 11 is 0. The molecule has 2 aliphatic rings. The Morgan fingerprint density at radius 1 is 1.04 bits per heavy atom. The molecule has 4 rings (SSSR count). The maximum Gasteiger partial charge on any atom is 0.115 e. The lowest BCUT2D eigenvalue weighted by molar-refractivity contribution is -0.168. The van der Waals surface area contributed by atoms with Crippen molar-refractivity contribution in [1.82, 2.24) is 4.90 Å². The molecule has 0 radical (unpaired) electrons. The smallest absolute Gasteiger partial charge is 0.115 e. The number of fused-ring (bicyclic) bond motifs is 2. The first-order valence-electron chi connectivity index (χ1n) is 9.83. The molecule has 0 aromatic heterocycles. The number of phenols is 1. The van der Waals surface area contributed by atoms with Crippen molar-refractivity contribution in [2.24, 2.45) is 11.8 Å². The zero-order valence-corrected chi connectivity index (χ0v) is 15.6. The van der Waals surface area contributed by atoms with E-state index in [1.54, 1.807) is 6.07 Å². The molecule has 1 aliphatic carbocycles. The summed E-state index contributed by atoms with van der Waals surface area (Å²) in [6.45, 7) is 3.26. The van der Waals surface area contributed by atoms with Crippen molar-refractivity contribution < 1.29 is 9.84 Å². The Morgan fingerprint density at radius 3 is 2.42 bits per heavy atom. The first-order chi connectivity index (χ1) is 12.7. The van der Waals surface area contributed by atoms with Gasteiger partial charge in [0.15, 0.2) is 0 Å². The van der Waals surface area contributed by atoms with Crippen LogP contribution in [0, 0.1) is 11.8 Å². The zero-order chi connectivity index (χ0) is 18.0. The number of ether oxygens (including phenoxy) is 1. The molecule has 2 atom stereocenters. The quantitative estimate of drug-likeness (QED) is 0.876. The molecule has 2 aromatic rings. The number of hydrogen-bond donors (Lipinski definition) is 1. The summed E-state index contributed by atoms with van der Waals surface area (Å²) in [5.74, 6) is 1.30. The van der Waals surface area contributed by atoms with E-state index in [1.807, 2.05) is 19.2 Å².